The number of nitrogens with zero attached hydrogens (tertiary/aromatic N) is 3. The first-order valence-corrected chi connectivity index (χ1v) is 7.95. The molecule has 108 valence electrons. The number of thioether (sulfide) groups is 1. The zero-order chi connectivity index (χ0) is 14.5. The normalized spacial score (nSPS) is 12.8. The van der Waals surface area contributed by atoms with Crippen LogP contribution in [0.25, 0.3) is 0 Å². The Bertz CT molecular complexity index is 556. The number of benzene rings is 1. The van der Waals surface area contributed by atoms with E-state index in [9.17, 15) is 0 Å². The fraction of sp³-hybridized carbons (Fsp3) is 0.429. The molecule has 0 aliphatic carbocycles. The summed E-state index contributed by atoms with van der Waals surface area (Å²) in [5.74, 6) is 1.74. The van der Waals surface area contributed by atoms with Crippen LogP contribution in [0.2, 0.25) is 5.02 Å². The van der Waals surface area contributed by atoms with Gasteiger partial charge in [0, 0.05) is 29.2 Å². The van der Waals surface area contributed by atoms with Crippen LogP contribution in [-0.2, 0) is 6.42 Å². The van der Waals surface area contributed by atoms with Crippen LogP contribution in [0.3, 0.4) is 0 Å². The van der Waals surface area contributed by atoms with Gasteiger partial charge in [0.25, 0.3) is 0 Å². The lowest BCUT2D eigenvalue weighted by molar-refractivity contribution is 0.496. The van der Waals surface area contributed by atoms with Gasteiger partial charge < -0.3 is 5.73 Å². The first-order valence-electron chi connectivity index (χ1n) is 6.59. The van der Waals surface area contributed by atoms with Crippen LogP contribution < -0.4 is 5.73 Å². The van der Waals surface area contributed by atoms with Crippen molar-refractivity contribution in [2.75, 3.05) is 5.75 Å². The highest BCUT2D eigenvalue weighted by Gasteiger charge is 2.13. The van der Waals surface area contributed by atoms with E-state index in [1.165, 1.54) is 0 Å². The van der Waals surface area contributed by atoms with Crippen molar-refractivity contribution in [3.05, 3.63) is 41.4 Å². The summed E-state index contributed by atoms with van der Waals surface area (Å²) in [4.78, 5) is 5.35. The van der Waals surface area contributed by atoms with Gasteiger partial charge in [-0.2, -0.15) is 5.10 Å². The Morgan fingerprint density at radius 2 is 2.10 bits per heavy atom. The summed E-state index contributed by atoms with van der Waals surface area (Å²) in [6.45, 7) is 4.17. The van der Waals surface area contributed by atoms with Crippen LogP contribution in [-0.4, -0.2) is 26.6 Å². The van der Waals surface area contributed by atoms with Gasteiger partial charge >= 0.3 is 0 Å². The maximum Gasteiger partial charge on any atom is 0.138 e. The summed E-state index contributed by atoms with van der Waals surface area (Å²) in [6.07, 6.45) is 2.30. The summed E-state index contributed by atoms with van der Waals surface area (Å²) in [7, 11) is 0. The fourth-order valence-corrected chi connectivity index (χ4v) is 3.10. The highest BCUT2D eigenvalue weighted by Crippen LogP contribution is 2.27. The van der Waals surface area contributed by atoms with Crippen molar-refractivity contribution in [3.63, 3.8) is 0 Å². The van der Waals surface area contributed by atoms with E-state index in [0.29, 0.717) is 6.04 Å². The maximum atomic E-state index is 6.19. The Morgan fingerprint density at radius 3 is 2.80 bits per heavy atom. The zero-order valence-electron chi connectivity index (χ0n) is 11.7. The second-order valence-corrected chi connectivity index (χ2v) is 6.39. The number of hydrogen-bond donors (Lipinski definition) is 1. The molecule has 0 spiro atoms. The van der Waals surface area contributed by atoms with Gasteiger partial charge in [-0.05, 0) is 26.0 Å². The Hall–Kier alpha value is -1.04. The number of rotatable bonds is 6. The SMILES string of the molecule is CC(C)n1ncnc1CC(N)CSc1ccccc1Cl. The van der Waals surface area contributed by atoms with Gasteiger partial charge in [0.2, 0.25) is 0 Å². The average Bonchev–Trinajstić information content (AvgIpc) is 2.86. The molecule has 2 N–H and O–H groups in total. The molecule has 2 aromatic rings. The van der Waals surface area contributed by atoms with Gasteiger partial charge in [-0.15, -0.1) is 11.8 Å². The van der Waals surface area contributed by atoms with E-state index in [2.05, 4.69) is 23.9 Å². The van der Waals surface area contributed by atoms with Crippen LogP contribution in [0.4, 0.5) is 0 Å². The van der Waals surface area contributed by atoms with E-state index in [1.807, 2.05) is 28.9 Å². The van der Waals surface area contributed by atoms with E-state index >= 15 is 0 Å². The Kier molecular flexibility index (Phi) is 5.46. The Morgan fingerprint density at radius 1 is 1.35 bits per heavy atom. The lowest BCUT2D eigenvalue weighted by Gasteiger charge is -2.14. The van der Waals surface area contributed by atoms with Crippen LogP contribution in [0, 0.1) is 0 Å². The van der Waals surface area contributed by atoms with Gasteiger partial charge in [-0.3, -0.25) is 0 Å². The molecule has 1 unspecified atom stereocenters. The average molecular weight is 311 g/mol. The maximum absolute atomic E-state index is 6.19. The third kappa shape index (κ3) is 3.98. The molecular weight excluding hydrogens is 292 g/mol. The molecule has 0 radical (unpaired) electrons. The summed E-state index contributed by atoms with van der Waals surface area (Å²) in [5, 5.41) is 5.00. The molecule has 2 rings (SSSR count). The van der Waals surface area contributed by atoms with E-state index in [0.717, 1.165) is 27.9 Å². The first-order chi connectivity index (χ1) is 9.58. The van der Waals surface area contributed by atoms with Crippen LogP contribution >= 0.6 is 23.4 Å². The van der Waals surface area contributed by atoms with Crippen molar-refractivity contribution >= 4 is 23.4 Å². The number of hydrogen-bond acceptors (Lipinski definition) is 4. The van der Waals surface area contributed by atoms with E-state index in [-0.39, 0.29) is 6.04 Å². The van der Waals surface area contributed by atoms with Crippen molar-refractivity contribution in [2.24, 2.45) is 5.73 Å². The molecule has 6 heteroatoms. The lowest BCUT2D eigenvalue weighted by Crippen LogP contribution is -2.27. The molecule has 1 aromatic heterocycles. The Labute approximate surface area is 128 Å². The van der Waals surface area contributed by atoms with E-state index < -0.39 is 0 Å². The smallest absolute Gasteiger partial charge is 0.138 e. The molecule has 0 amide bonds. The predicted octanol–water partition coefficient (Wildman–Crippen LogP) is 3.17. The molecule has 0 bridgehead atoms. The fourth-order valence-electron chi connectivity index (χ4n) is 1.90. The molecular formula is C14H19ClN4S. The van der Waals surface area contributed by atoms with Crippen LogP contribution in [0.15, 0.2) is 35.5 Å². The van der Waals surface area contributed by atoms with Crippen LogP contribution in [0.1, 0.15) is 25.7 Å². The van der Waals surface area contributed by atoms with Gasteiger partial charge in [-0.25, -0.2) is 9.67 Å². The molecule has 0 aliphatic rings. The minimum Gasteiger partial charge on any atom is -0.327 e. The largest absolute Gasteiger partial charge is 0.327 e. The minimum atomic E-state index is 0.0259. The van der Waals surface area contributed by atoms with Gasteiger partial charge in [-0.1, -0.05) is 23.7 Å². The molecule has 20 heavy (non-hydrogen) atoms. The zero-order valence-corrected chi connectivity index (χ0v) is 13.2. The molecule has 0 fully saturated rings. The molecule has 0 saturated heterocycles. The predicted molar refractivity (Wildman–Crippen MR) is 84.3 cm³/mol. The standard InChI is InChI=1S/C14H19ClN4S/c1-10(2)19-14(17-9-18-19)7-11(16)8-20-13-6-4-3-5-12(13)15/h3-6,9-11H,7-8,16H2,1-2H3. The van der Waals surface area contributed by atoms with Crippen molar-refractivity contribution in [3.8, 4) is 0 Å². The summed E-state index contributed by atoms with van der Waals surface area (Å²) in [5.41, 5.74) is 6.19. The first kappa shape index (κ1) is 15.4. The van der Waals surface area contributed by atoms with Gasteiger partial charge in [0.05, 0.1) is 5.02 Å². The highest BCUT2D eigenvalue weighted by atomic mass is 35.5. The van der Waals surface area contributed by atoms with Gasteiger partial charge in [0.1, 0.15) is 12.2 Å². The molecule has 1 atom stereocenters. The van der Waals surface area contributed by atoms with E-state index in [4.69, 9.17) is 17.3 Å². The lowest BCUT2D eigenvalue weighted by atomic mass is 10.2. The number of nitrogens with two attached hydrogens (primary N) is 1. The molecule has 0 saturated carbocycles. The van der Waals surface area contributed by atoms with Crippen molar-refractivity contribution in [1.82, 2.24) is 14.8 Å². The van der Waals surface area contributed by atoms with Gasteiger partial charge in [0.15, 0.2) is 0 Å². The highest BCUT2D eigenvalue weighted by molar-refractivity contribution is 7.99. The topological polar surface area (TPSA) is 56.7 Å². The minimum absolute atomic E-state index is 0.0259. The van der Waals surface area contributed by atoms with Crippen molar-refractivity contribution in [2.45, 2.75) is 37.2 Å². The van der Waals surface area contributed by atoms with Crippen molar-refractivity contribution in [1.29, 1.82) is 0 Å². The second kappa shape index (κ2) is 7.11. The quantitative estimate of drug-likeness (QED) is 0.833. The second-order valence-electron chi connectivity index (χ2n) is 4.92. The molecule has 1 aromatic carbocycles. The summed E-state index contributed by atoms with van der Waals surface area (Å²) < 4.78 is 1.92. The third-order valence-electron chi connectivity index (χ3n) is 2.87. The summed E-state index contributed by atoms with van der Waals surface area (Å²) >= 11 is 7.81. The Balaban J connectivity index is 1.91. The molecule has 0 aliphatic heterocycles. The number of aromatic nitrogens is 3. The summed E-state index contributed by atoms with van der Waals surface area (Å²) in [6, 6.07) is 8.14. The van der Waals surface area contributed by atoms with Crippen LogP contribution in [0.5, 0.6) is 0 Å². The van der Waals surface area contributed by atoms with E-state index in [1.54, 1.807) is 18.1 Å². The molecule has 4 nitrogen and oxygen atoms in total. The number of halogens is 1. The van der Waals surface area contributed by atoms with Crippen molar-refractivity contribution < 1.29 is 0 Å². The third-order valence-corrected chi connectivity index (χ3v) is 4.57. The molecule has 1 heterocycles. The monoisotopic (exact) mass is 310 g/mol.